The molecule has 0 saturated carbocycles. The van der Waals surface area contributed by atoms with E-state index in [0.29, 0.717) is 0 Å². The number of rotatable bonds is 17. The van der Waals surface area contributed by atoms with Gasteiger partial charge in [0.2, 0.25) is 23.8 Å². The first kappa shape index (κ1) is 64.5. The zero-order valence-corrected chi connectivity index (χ0v) is 45.2. The highest BCUT2D eigenvalue weighted by molar-refractivity contribution is 5.89. The number of phenolic OH excluding ortho intramolecular Hbond substituents is 4. The van der Waals surface area contributed by atoms with Gasteiger partial charge in [-0.2, -0.15) is 0 Å². The molecule has 0 radical (unpaired) electrons. The third kappa shape index (κ3) is 13.2. The van der Waals surface area contributed by atoms with Gasteiger partial charge < -0.3 is 148 Å². The quantitative estimate of drug-likeness (QED) is 0.0266. The average molecular weight is 1230 g/mol. The first-order valence-electron chi connectivity index (χ1n) is 26.8. The van der Waals surface area contributed by atoms with Gasteiger partial charge in [0, 0.05) is 23.8 Å². The summed E-state index contributed by atoms with van der Waals surface area (Å²) in [6, 6.07) is 10.5. The first-order chi connectivity index (χ1) is 40.8. The van der Waals surface area contributed by atoms with Crippen LogP contribution in [-0.4, -0.2) is 271 Å². The third-order valence-corrected chi connectivity index (χ3v) is 15.1. The van der Waals surface area contributed by atoms with Gasteiger partial charge in [-0.05, 0) is 61.9 Å². The molecule has 4 aromatic rings. The number of aliphatic hydroxyl groups excluding tert-OH is 14. The van der Waals surface area contributed by atoms with E-state index in [0.717, 1.165) is 30.3 Å². The number of aromatic hydroxyl groups is 4. The molecular weight excluding hydrogens is 1160 g/mol. The fourth-order valence-electron chi connectivity index (χ4n) is 10.2. The summed E-state index contributed by atoms with van der Waals surface area (Å²) in [5.74, 6) is -4.74. The monoisotopic (exact) mass is 1230 g/mol. The lowest BCUT2D eigenvalue weighted by atomic mass is 9.97. The van der Waals surface area contributed by atoms with Crippen LogP contribution in [0.25, 0.3) is 28.4 Å². The summed E-state index contributed by atoms with van der Waals surface area (Å²) in [6.45, 7) is 0.133. The van der Waals surface area contributed by atoms with Crippen molar-refractivity contribution < 1.29 is 153 Å². The smallest absolute Gasteiger partial charge is 0.331 e. The number of benzene rings is 3. The number of carbonyl (C=O) groups excluding carboxylic acids is 1. The number of hydrogen-bond donors (Lipinski definition) is 18. The van der Waals surface area contributed by atoms with Crippen LogP contribution >= 0.6 is 0 Å². The molecule has 5 saturated heterocycles. The van der Waals surface area contributed by atoms with Crippen molar-refractivity contribution in [1.82, 2.24) is 0 Å². The minimum Gasteiger partial charge on any atom is -0.508 e. The van der Waals surface area contributed by atoms with Gasteiger partial charge in [0.25, 0.3) is 0 Å². The summed E-state index contributed by atoms with van der Waals surface area (Å²) in [4.78, 5) is 27.8. The number of carbonyl (C=O) groups is 1. The van der Waals surface area contributed by atoms with E-state index in [1.807, 2.05) is 0 Å². The molecule has 9 rings (SSSR count). The van der Waals surface area contributed by atoms with Crippen LogP contribution in [0.1, 0.15) is 19.4 Å². The molecule has 0 bridgehead atoms. The third-order valence-electron chi connectivity index (χ3n) is 15.1. The summed E-state index contributed by atoms with van der Waals surface area (Å²) < 4.78 is 69.4. The average Bonchev–Trinajstić information content (AvgIpc) is 0.905. The van der Waals surface area contributed by atoms with Gasteiger partial charge in [0.15, 0.2) is 42.2 Å². The SMILES string of the molecule is C[C@@H]1O[C@@H](Oc2cc(O)c3c(=O)c(O[C@@H]4O[C@H](CO[C@@H]5O[C@@H](C)[C@H](OC(=O)/C=C/c6ccc(O)c(O)c6)[C@@H](O[C@@H]6O[C@H](CO)[C@@H](O)[C@H](O)[C@H]6O)[C@H]5O)[C@H](O)[C@H](O)[C@H]4O)c(-c4ccc(O)cc4)oc3c2)[C@H](O)[C@H](O[C@@H]2O[C@H](CO)[C@@H](O)C(O)[C@H]2O)[C@H]1O. The van der Waals surface area contributed by atoms with Gasteiger partial charge in [-0.15, -0.1) is 0 Å². The Balaban J connectivity index is 0.948. The van der Waals surface area contributed by atoms with E-state index >= 15 is 0 Å². The van der Waals surface area contributed by atoms with Crippen molar-refractivity contribution in [3.63, 3.8) is 0 Å². The maximum absolute atomic E-state index is 14.6. The van der Waals surface area contributed by atoms with Crippen molar-refractivity contribution in [2.45, 2.75) is 167 Å². The Bertz CT molecular complexity index is 3050. The number of ether oxygens (including phenoxy) is 11. The molecule has 1 unspecified atom stereocenters. The van der Waals surface area contributed by atoms with Crippen molar-refractivity contribution in [2.75, 3.05) is 19.8 Å². The van der Waals surface area contributed by atoms with Gasteiger partial charge in [-0.1, -0.05) is 6.07 Å². The molecule has 32 nitrogen and oxygen atoms in total. The number of aliphatic hydroxyl groups is 14. The van der Waals surface area contributed by atoms with Gasteiger partial charge in [0.05, 0.1) is 32.0 Å². The van der Waals surface area contributed by atoms with E-state index in [1.54, 1.807) is 0 Å². The number of fused-ring (bicyclic) bond motifs is 1. The molecule has 0 spiro atoms. The van der Waals surface area contributed by atoms with Crippen molar-refractivity contribution in [3.8, 4) is 45.8 Å². The lowest BCUT2D eigenvalue weighted by Gasteiger charge is -2.46. The van der Waals surface area contributed by atoms with E-state index in [-0.39, 0.29) is 22.6 Å². The van der Waals surface area contributed by atoms with Crippen LogP contribution in [0.4, 0.5) is 0 Å². The number of hydrogen-bond acceptors (Lipinski definition) is 32. The fourth-order valence-corrected chi connectivity index (χ4v) is 10.2. The summed E-state index contributed by atoms with van der Waals surface area (Å²) in [5, 5.41) is 191. The Morgan fingerprint density at radius 2 is 1.07 bits per heavy atom. The summed E-state index contributed by atoms with van der Waals surface area (Å²) in [5.41, 5.74) is -1.35. The Kier molecular flexibility index (Phi) is 20.1. The van der Waals surface area contributed by atoms with Crippen LogP contribution in [0.5, 0.6) is 34.5 Å². The summed E-state index contributed by atoms with van der Waals surface area (Å²) in [6.07, 6.45) is -43.1. The molecule has 5 aliphatic rings. The normalized spacial score (nSPS) is 38.6. The van der Waals surface area contributed by atoms with Crippen LogP contribution in [0.2, 0.25) is 0 Å². The van der Waals surface area contributed by atoms with E-state index in [9.17, 15) is 102 Å². The van der Waals surface area contributed by atoms with Crippen LogP contribution in [0.15, 0.2) is 69.9 Å². The molecule has 25 atom stereocenters. The van der Waals surface area contributed by atoms with Gasteiger partial charge in [0.1, 0.15) is 132 Å². The van der Waals surface area contributed by atoms with Crippen LogP contribution < -0.4 is 14.9 Å². The van der Waals surface area contributed by atoms with Crippen LogP contribution in [0.3, 0.4) is 0 Å². The maximum Gasteiger partial charge on any atom is 0.331 e. The first-order valence-corrected chi connectivity index (χ1v) is 26.8. The van der Waals surface area contributed by atoms with Crippen LogP contribution in [0, 0.1) is 0 Å². The molecule has 5 fully saturated rings. The van der Waals surface area contributed by atoms with Crippen molar-refractivity contribution >= 4 is 23.0 Å². The molecule has 18 N–H and O–H groups in total. The molecule has 5 aliphatic heterocycles. The van der Waals surface area contributed by atoms with E-state index < -0.39 is 224 Å². The minimum atomic E-state index is -2.18. The number of esters is 1. The molecule has 6 heterocycles. The summed E-state index contributed by atoms with van der Waals surface area (Å²) >= 11 is 0. The fraction of sp³-hybridized carbons (Fsp3) is 0.556. The van der Waals surface area contributed by atoms with Gasteiger partial charge in [-0.3, -0.25) is 4.79 Å². The Labute approximate surface area is 484 Å². The molecule has 0 amide bonds. The lowest BCUT2D eigenvalue weighted by Crippen LogP contribution is -2.65. The second-order valence-electron chi connectivity index (χ2n) is 21.0. The summed E-state index contributed by atoms with van der Waals surface area (Å²) in [7, 11) is 0. The molecule has 32 heteroatoms. The molecule has 0 aliphatic carbocycles. The molecule has 3 aromatic carbocycles. The molecule has 86 heavy (non-hydrogen) atoms. The number of phenols is 4. The predicted molar refractivity (Wildman–Crippen MR) is 278 cm³/mol. The molecular formula is C54H66O32. The highest BCUT2D eigenvalue weighted by Gasteiger charge is 2.54. The molecule has 474 valence electrons. The van der Waals surface area contributed by atoms with E-state index in [1.165, 1.54) is 50.3 Å². The van der Waals surface area contributed by atoms with Gasteiger partial charge in [-0.25, -0.2) is 4.79 Å². The van der Waals surface area contributed by atoms with Gasteiger partial charge >= 0.3 is 5.97 Å². The largest absolute Gasteiger partial charge is 0.508 e. The second-order valence-corrected chi connectivity index (χ2v) is 21.0. The standard InChI is InChI=1S/C54H66O32/c1-17-32(62)47(84-51-40(70)37(67)33(63)27(14-55)80-51)43(73)54(76-17)78-22-12-25(60)31-26(13-22)79-46(20-5-7-21(57)8-6-20)48(36(31)66)85-53-42(72)39(69)35(65)29(82-53)16-75-50-44(74)49(86-52-41(71)38(68)34(64)28(15-56)81-52)45(18(2)77-50)83-30(61)10-4-19-3-9-23(58)24(59)11-19/h3-13,17-18,27-29,32-35,37-45,47,49-60,62-65,67-74H,14-16H2,1-2H3/b10-4+/t17-,18-,27+,28+,29+,32-,33+,34+,35-,37?,38-,39-,40+,41+,42+,43+,44+,45-,47+,49-,50+,51-,52-,53-,54-/m0/s1. The Morgan fingerprint density at radius 1 is 0.523 bits per heavy atom. The van der Waals surface area contributed by atoms with Crippen molar-refractivity contribution in [2.24, 2.45) is 0 Å². The Morgan fingerprint density at radius 3 is 1.67 bits per heavy atom. The zero-order valence-electron chi connectivity index (χ0n) is 45.2. The van der Waals surface area contributed by atoms with E-state index in [4.69, 9.17) is 56.5 Å². The van der Waals surface area contributed by atoms with E-state index in [2.05, 4.69) is 0 Å². The second kappa shape index (κ2) is 26.8. The Hall–Kier alpha value is -6.00. The van der Waals surface area contributed by atoms with Crippen molar-refractivity contribution in [1.29, 1.82) is 0 Å². The minimum absolute atomic E-state index is 0.00564. The van der Waals surface area contributed by atoms with Crippen LogP contribution in [-0.2, 0) is 47.4 Å². The topological polar surface area (TPSA) is 513 Å². The van der Waals surface area contributed by atoms with Crippen molar-refractivity contribution in [3.05, 3.63) is 76.5 Å². The zero-order chi connectivity index (χ0) is 62.3. The predicted octanol–water partition coefficient (Wildman–Crippen LogP) is -5.57. The highest BCUT2D eigenvalue weighted by atomic mass is 16.8. The maximum atomic E-state index is 14.6. The molecule has 1 aromatic heterocycles. The lowest BCUT2D eigenvalue weighted by molar-refractivity contribution is -0.361. The highest BCUT2D eigenvalue weighted by Crippen LogP contribution is 2.40.